The molecule has 3 N–H and O–H groups in total. The van der Waals surface area contributed by atoms with Crippen molar-refractivity contribution in [3.05, 3.63) is 48.6 Å². The maximum atomic E-state index is 12.4. The van der Waals surface area contributed by atoms with E-state index in [4.69, 9.17) is 19.3 Å². The van der Waals surface area contributed by atoms with Gasteiger partial charge in [-0.25, -0.2) is 4.57 Å². The Hall–Kier alpha value is -2.03. The van der Waals surface area contributed by atoms with Gasteiger partial charge in [-0.3, -0.25) is 14.1 Å². The molecule has 1 unspecified atom stereocenters. The second-order valence-electron chi connectivity index (χ2n) is 16.2. The molecule has 338 valence electrons. The number of rotatable bonds is 42. The first-order valence-electron chi connectivity index (χ1n) is 23.4. The molecule has 0 aliphatic rings. The minimum atomic E-state index is -4.79. The standard InChI is InChI=1S/C48H87O9P/c1-4-6-7-8-28-33-38-45(49)39-34-29-24-21-22-26-31-36-41-48(51)57-46(43-56-58(52,53)54)42-55-47(50)40-35-30-25-20-18-16-14-12-10-9-11-13-15-17-19-23-27-32-37-44(3)5-2/h22,24,26,28-29,33-34,39,44-46,49H,4-21,23,25,27,30-32,35-38,40-43H2,1-3H3,(H2,52,53,54)/b26-22-,29-24-,33-28-,39-34+/t44?,45-,46+/m0/s1. The zero-order valence-corrected chi connectivity index (χ0v) is 38.1. The van der Waals surface area contributed by atoms with Crippen LogP contribution < -0.4 is 0 Å². The monoisotopic (exact) mass is 839 g/mol. The number of aliphatic hydroxyl groups excluding tert-OH is 1. The van der Waals surface area contributed by atoms with Crippen molar-refractivity contribution >= 4 is 19.8 Å². The lowest BCUT2D eigenvalue weighted by Crippen LogP contribution is -2.29. The molecule has 0 saturated heterocycles. The van der Waals surface area contributed by atoms with E-state index in [1.807, 2.05) is 36.5 Å². The Labute approximate surface area is 355 Å². The first kappa shape index (κ1) is 56.0. The molecule has 0 radical (unpaired) electrons. The fraction of sp³-hybridized carbons (Fsp3) is 0.792. The van der Waals surface area contributed by atoms with Crippen LogP contribution in [0.5, 0.6) is 0 Å². The van der Waals surface area contributed by atoms with E-state index < -0.39 is 38.6 Å². The Morgan fingerprint density at radius 3 is 1.71 bits per heavy atom. The average Bonchev–Trinajstić information content (AvgIpc) is 3.19. The molecule has 0 fully saturated rings. The number of phosphoric ester groups is 1. The highest BCUT2D eigenvalue weighted by molar-refractivity contribution is 7.46. The van der Waals surface area contributed by atoms with Crippen LogP contribution in [0.4, 0.5) is 0 Å². The molecule has 0 rings (SSSR count). The van der Waals surface area contributed by atoms with Gasteiger partial charge in [-0.1, -0.05) is 204 Å². The van der Waals surface area contributed by atoms with Gasteiger partial charge in [0, 0.05) is 12.8 Å². The molecule has 0 aromatic rings. The van der Waals surface area contributed by atoms with Crippen molar-refractivity contribution in [2.24, 2.45) is 5.92 Å². The van der Waals surface area contributed by atoms with Crippen molar-refractivity contribution in [2.75, 3.05) is 13.2 Å². The Morgan fingerprint density at radius 1 is 0.603 bits per heavy atom. The van der Waals surface area contributed by atoms with Crippen molar-refractivity contribution in [1.29, 1.82) is 0 Å². The van der Waals surface area contributed by atoms with Crippen molar-refractivity contribution in [2.45, 2.75) is 226 Å². The summed E-state index contributed by atoms with van der Waals surface area (Å²) in [6.45, 7) is 5.95. The van der Waals surface area contributed by atoms with Crippen LogP contribution in [-0.2, 0) is 28.2 Å². The molecule has 9 nitrogen and oxygen atoms in total. The number of hydrogen-bond acceptors (Lipinski definition) is 7. The van der Waals surface area contributed by atoms with Gasteiger partial charge in [0.2, 0.25) is 0 Å². The van der Waals surface area contributed by atoms with Crippen LogP contribution in [0.2, 0.25) is 0 Å². The van der Waals surface area contributed by atoms with Crippen LogP contribution in [-0.4, -0.2) is 52.3 Å². The fourth-order valence-electron chi connectivity index (χ4n) is 6.54. The molecule has 0 heterocycles. The molecule has 0 aromatic carbocycles. The molecular weight excluding hydrogens is 751 g/mol. The number of carbonyl (C=O) groups is 2. The second kappa shape index (κ2) is 41.7. The summed E-state index contributed by atoms with van der Waals surface area (Å²) in [4.78, 5) is 42.9. The molecule has 0 aromatic heterocycles. The predicted molar refractivity (Wildman–Crippen MR) is 240 cm³/mol. The fourth-order valence-corrected chi connectivity index (χ4v) is 6.91. The van der Waals surface area contributed by atoms with Gasteiger partial charge in [0.15, 0.2) is 6.10 Å². The first-order valence-corrected chi connectivity index (χ1v) is 25.0. The van der Waals surface area contributed by atoms with Gasteiger partial charge in [0.1, 0.15) is 6.61 Å². The highest BCUT2D eigenvalue weighted by Crippen LogP contribution is 2.36. The molecular formula is C48H87O9P. The second-order valence-corrected chi connectivity index (χ2v) is 17.4. The van der Waals surface area contributed by atoms with E-state index in [2.05, 4.69) is 31.4 Å². The number of allylic oxidation sites excluding steroid dienone is 6. The lowest BCUT2D eigenvalue weighted by Gasteiger charge is -2.18. The van der Waals surface area contributed by atoms with Crippen molar-refractivity contribution < 1.29 is 43.0 Å². The lowest BCUT2D eigenvalue weighted by molar-refractivity contribution is -0.161. The molecule has 0 saturated carbocycles. The number of unbranched alkanes of at least 4 members (excludes halogenated alkanes) is 21. The van der Waals surface area contributed by atoms with Gasteiger partial charge in [-0.2, -0.15) is 0 Å². The third-order valence-electron chi connectivity index (χ3n) is 10.5. The molecule has 0 aliphatic carbocycles. The van der Waals surface area contributed by atoms with Crippen LogP contribution in [0.25, 0.3) is 0 Å². The highest BCUT2D eigenvalue weighted by atomic mass is 31.2. The maximum Gasteiger partial charge on any atom is 0.469 e. The lowest BCUT2D eigenvalue weighted by atomic mass is 9.99. The van der Waals surface area contributed by atoms with Crippen LogP contribution in [0.15, 0.2) is 48.6 Å². The molecule has 3 atom stereocenters. The third kappa shape index (κ3) is 43.5. The van der Waals surface area contributed by atoms with Gasteiger partial charge in [0.05, 0.1) is 12.7 Å². The van der Waals surface area contributed by atoms with E-state index in [0.29, 0.717) is 32.1 Å². The first-order chi connectivity index (χ1) is 28.1. The van der Waals surface area contributed by atoms with Gasteiger partial charge < -0.3 is 24.4 Å². The Balaban J connectivity index is 3.96. The van der Waals surface area contributed by atoms with Crippen molar-refractivity contribution in [3.63, 3.8) is 0 Å². The van der Waals surface area contributed by atoms with Gasteiger partial charge >= 0.3 is 19.8 Å². The molecule has 58 heavy (non-hydrogen) atoms. The highest BCUT2D eigenvalue weighted by Gasteiger charge is 2.22. The van der Waals surface area contributed by atoms with E-state index in [0.717, 1.165) is 25.2 Å². The van der Waals surface area contributed by atoms with Crippen LogP contribution >= 0.6 is 7.82 Å². The zero-order valence-electron chi connectivity index (χ0n) is 37.2. The Kier molecular flexibility index (Phi) is 40.2. The normalized spacial score (nSPS) is 14.0. The molecule has 10 heteroatoms. The van der Waals surface area contributed by atoms with E-state index in [9.17, 15) is 19.3 Å². The van der Waals surface area contributed by atoms with Gasteiger partial charge in [0.25, 0.3) is 0 Å². The largest absolute Gasteiger partial charge is 0.469 e. The van der Waals surface area contributed by atoms with Crippen molar-refractivity contribution in [1.82, 2.24) is 0 Å². The average molecular weight is 839 g/mol. The minimum Gasteiger partial charge on any atom is -0.462 e. The minimum absolute atomic E-state index is 0.104. The van der Waals surface area contributed by atoms with Crippen LogP contribution in [0, 0.1) is 5.92 Å². The summed E-state index contributed by atoms with van der Waals surface area (Å²) >= 11 is 0. The molecule has 0 amide bonds. The summed E-state index contributed by atoms with van der Waals surface area (Å²) in [6.07, 6.45) is 47.2. The summed E-state index contributed by atoms with van der Waals surface area (Å²) in [6, 6.07) is 0. The number of ether oxygens (including phenoxy) is 2. The summed E-state index contributed by atoms with van der Waals surface area (Å²) in [5.41, 5.74) is 0. The number of carbonyl (C=O) groups excluding carboxylic acids is 2. The van der Waals surface area contributed by atoms with E-state index in [1.165, 1.54) is 128 Å². The Bertz CT molecular complexity index is 1110. The summed E-state index contributed by atoms with van der Waals surface area (Å²) in [5, 5.41) is 10.0. The smallest absolute Gasteiger partial charge is 0.462 e. The number of hydrogen-bond donors (Lipinski definition) is 3. The summed E-state index contributed by atoms with van der Waals surface area (Å²) in [5.74, 6) is -0.0879. The quantitative estimate of drug-likeness (QED) is 0.0180. The topological polar surface area (TPSA) is 140 Å². The van der Waals surface area contributed by atoms with E-state index >= 15 is 0 Å². The maximum absolute atomic E-state index is 12.4. The zero-order chi connectivity index (χ0) is 42.8. The third-order valence-corrected chi connectivity index (χ3v) is 11.0. The molecule has 0 spiro atoms. The SMILES string of the molecule is CCCCC/C=C\C[C@H](O)/C=C/C=C\C/C=C\CCCC(=O)O[C@H](COC(=O)CCCCCCCCCCCCCCCCCCCCC(C)CC)COP(=O)(O)O. The predicted octanol–water partition coefficient (Wildman–Crippen LogP) is 13.5. The van der Waals surface area contributed by atoms with E-state index in [-0.39, 0.29) is 19.4 Å². The number of phosphoric acid groups is 1. The summed E-state index contributed by atoms with van der Waals surface area (Å²) < 4.78 is 26.4. The Morgan fingerprint density at radius 2 is 1.14 bits per heavy atom. The van der Waals surface area contributed by atoms with Crippen molar-refractivity contribution in [3.8, 4) is 0 Å². The molecule has 0 bridgehead atoms. The number of aliphatic hydroxyl groups is 1. The van der Waals surface area contributed by atoms with Crippen LogP contribution in [0.3, 0.4) is 0 Å². The molecule has 0 aliphatic heterocycles. The van der Waals surface area contributed by atoms with Gasteiger partial charge in [-0.05, 0) is 50.9 Å². The number of esters is 2. The van der Waals surface area contributed by atoms with E-state index in [1.54, 1.807) is 6.08 Å². The summed E-state index contributed by atoms with van der Waals surface area (Å²) in [7, 11) is -4.79. The van der Waals surface area contributed by atoms with Gasteiger partial charge in [-0.15, -0.1) is 0 Å². The van der Waals surface area contributed by atoms with Crippen LogP contribution in [0.1, 0.15) is 213 Å².